The minimum atomic E-state index is -3.18. The maximum absolute atomic E-state index is 13.0. The summed E-state index contributed by atoms with van der Waals surface area (Å²) in [4.78, 5) is 19.5. The molecule has 1 aromatic carbocycles. The molecule has 186 valence electrons. The summed E-state index contributed by atoms with van der Waals surface area (Å²) >= 11 is 0. The zero-order valence-electron chi connectivity index (χ0n) is 19.4. The van der Waals surface area contributed by atoms with Gasteiger partial charge in [0.1, 0.15) is 5.82 Å². The predicted molar refractivity (Wildman–Crippen MR) is 123 cm³/mol. The third-order valence-electron chi connectivity index (χ3n) is 6.57. The van der Waals surface area contributed by atoms with Crippen molar-refractivity contribution in [2.75, 3.05) is 26.0 Å². The first-order valence-corrected chi connectivity index (χ1v) is 13.3. The molecule has 3 heterocycles. The molecule has 0 aliphatic carbocycles. The topological polar surface area (TPSA) is 84.7 Å². The van der Waals surface area contributed by atoms with Crippen molar-refractivity contribution in [3.63, 3.8) is 0 Å². The van der Waals surface area contributed by atoms with Gasteiger partial charge in [0.25, 0.3) is 12.0 Å². The zero-order chi connectivity index (χ0) is 24.5. The van der Waals surface area contributed by atoms with E-state index in [1.165, 1.54) is 22.8 Å². The van der Waals surface area contributed by atoms with Gasteiger partial charge in [0.05, 0.1) is 25.6 Å². The van der Waals surface area contributed by atoms with Gasteiger partial charge in [-0.25, -0.2) is 26.5 Å². The standard InChI is InChI=1S/C23H30F2N4O4S/c1-3-29-21(14-27-12-18-5-4-17(22(24)25)10-19(18)13-27)26-11-20(23(29)30)33-15-16-6-8-28(9-7-16)34(2,31)32/h4-5,10-11,16,22H,3,6-9,12-15H2,1-2H3. The number of hydrogen-bond donors (Lipinski definition) is 0. The molecule has 0 N–H and O–H groups in total. The van der Waals surface area contributed by atoms with Gasteiger partial charge in [0.15, 0.2) is 0 Å². The lowest BCUT2D eigenvalue weighted by Crippen LogP contribution is -2.39. The van der Waals surface area contributed by atoms with E-state index in [1.54, 1.807) is 16.7 Å². The van der Waals surface area contributed by atoms with Crippen molar-refractivity contribution in [1.29, 1.82) is 0 Å². The van der Waals surface area contributed by atoms with E-state index in [9.17, 15) is 22.0 Å². The average molecular weight is 497 g/mol. The first-order chi connectivity index (χ1) is 16.2. The molecule has 0 spiro atoms. The summed E-state index contributed by atoms with van der Waals surface area (Å²) in [5.41, 5.74) is 1.66. The molecule has 0 bridgehead atoms. The molecule has 1 saturated heterocycles. The molecule has 2 aliphatic heterocycles. The molecule has 4 rings (SSSR count). The van der Waals surface area contributed by atoms with Crippen LogP contribution in [-0.2, 0) is 36.2 Å². The summed E-state index contributed by atoms with van der Waals surface area (Å²) in [6, 6.07) is 4.76. The number of rotatable bonds is 8. The number of halogens is 2. The highest BCUT2D eigenvalue weighted by atomic mass is 32.2. The number of piperidine rings is 1. The fourth-order valence-electron chi connectivity index (χ4n) is 4.61. The maximum Gasteiger partial charge on any atom is 0.295 e. The summed E-state index contributed by atoms with van der Waals surface area (Å²) in [5.74, 6) is 0.957. The minimum Gasteiger partial charge on any atom is -0.486 e. The van der Waals surface area contributed by atoms with E-state index < -0.39 is 16.4 Å². The van der Waals surface area contributed by atoms with E-state index in [4.69, 9.17) is 4.74 Å². The summed E-state index contributed by atoms with van der Waals surface area (Å²) < 4.78 is 58.2. The Labute approximate surface area is 198 Å². The SMILES string of the molecule is CCn1c(CN2Cc3ccc(C(F)F)cc3C2)ncc(OCC2CCN(S(C)(=O)=O)CC2)c1=O. The van der Waals surface area contributed by atoms with Crippen LogP contribution in [0.15, 0.2) is 29.2 Å². The van der Waals surface area contributed by atoms with Gasteiger partial charge in [-0.1, -0.05) is 12.1 Å². The van der Waals surface area contributed by atoms with E-state index in [0.29, 0.717) is 64.5 Å². The molecule has 0 atom stereocenters. The number of hydrogen-bond acceptors (Lipinski definition) is 6. The van der Waals surface area contributed by atoms with Gasteiger partial charge in [-0.2, -0.15) is 0 Å². The monoisotopic (exact) mass is 496 g/mol. The molecule has 0 saturated carbocycles. The van der Waals surface area contributed by atoms with Crippen molar-refractivity contribution in [1.82, 2.24) is 18.8 Å². The Balaban J connectivity index is 1.38. The van der Waals surface area contributed by atoms with Crippen LogP contribution in [0.2, 0.25) is 0 Å². The molecule has 2 aliphatic rings. The van der Waals surface area contributed by atoms with Crippen LogP contribution < -0.4 is 10.3 Å². The summed E-state index contributed by atoms with van der Waals surface area (Å²) in [6.45, 7) is 5.12. The third-order valence-corrected chi connectivity index (χ3v) is 7.87. The highest BCUT2D eigenvalue weighted by Gasteiger charge is 2.26. The Kier molecular flexibility index (Phi) is 7.34. The molecular weight excluding hydrogens is 466 g/mol. The first kappa shape index (κ1) is 24.7. The number of benzene rings is 1. The third kappa shape index (κ3) is 5.47. The Morgan fingerprint density at radius 3 is 2.53 bits per heavy atom. The Hall–Kier alpha value is -2.37. The Morgan fingerprint density at radius 2 is 1.88 bits per heavy atom. The van der Waals surface area contributed by atoms with Crippen molar-refractivity contribution in [2.45, 2.75) is 52.4 Å². The summed E-state index contributed by atoms with van der Waals surface area (Å²) in [7, 11) is -3.18. The van der Waals surface area contributed by atoms with Crippen LogP contribution in [0, 0.1) is 5.92 Å². The van der Waals surface area contributed by atoms with Crippen molar-refractivity contribution >= 4 is 10.0 Å². The number of fused-ring (bicyclic) bond motifs is 1. The van der Waals surface area contributed by atoms with Crippen LogP contribution in [-0.4, -0.2) is 53.1 Å². The average Bonchev–Trinajstić information content (AvgIpc) is 3.20. The number of sulfonamides is 1. The molecular formula is C23H30F2N4O4S. The number of alkyl halides is 2. The van der Waals surface area contributed by atoms with Crippen LogP contribution in [0.5, 0.6) is 5.75 Å². The van der Waals surface area contributed by atoms with Gasteiger partial charge in [-0.15, -0.1) is 0 Å². The lowest BCUT2D eigenvalue weighted by atomic mass is 9.99. The van der Waals surface area contributed by atoms with Gasteiger partial charge < -0.3 is 4.74 Å². The van der Waals surface area contributed by atoms with Crippen LogP contribution in [0.4, 0.5) is 8.78 Å². The number of nitrogens with zero attached hydrogens (tertiary/aromatic N) is 4. The second-order valence-corrected chi connectivity index (χ2v) is 11.0. The van der Waals surface area contributed by atoms with Crippen LogP contribution in [0.25, 0.3) is 0 Å². The molecule has 1 aromatic heterocycles. The van der Waals surface area contributed by atoms with Gasteiger partial charge in [0.2, 0.25) is 15.8 Å². The molecule has 0 amide bonds. The second kappa shape index (κ2) is 10.1. The molecule has 2 aromatic rings. The van der Waals surface area contributed by atoms with Gasteiger partial charge in [0, 0.05) is 38.3 Å². The number of aromatic nitrogens is 2. The quantitative estimate of drug-likeness (QED) is 0.559. The maximum atomic E-state index is 13.0. The Bertz CT molecular complexity index is 1190. The minimum absolute atomic E-state index is 0.0210. The fraction of sp³-hybridized carbons (Fsp3) is 0.565. The Morgan fingerprint density at radius 1 is 1.18 bits per heavy atom. The molecule has 11 heteroatoms. The summed E-state index contributed by atoms with van der Waals surface area (Å²) in [5, 5.41) is 0. The fourth-order valence-corrected chi connectivity index (χ4v) is 5.48. The first-order valence-electron chi connectivity index (χ1n) is 11.4. The molecule has 34 heavy (non-hydrogen) atoms. The lowest BCUT2D eigenvalue weighted by Gasteiger charge is -2.30. The highest BCUT2D eigenvalue weighted by molar-refractivity contribution is 7.88. The largest absolute Gasteiger partial charge is 0.486 e. The van der Waals surface area contributed by atoms with Gasteiger partial charge in [-0.05, 0) is 42.9 Å². The second-order valence-electron chi connectivity index (χ2n) is 8.98. The van der Waals surface area contributed by atoms with Gasteiger partial charge in [-0.3, -0.25) is 14.3 Å². The smallest absolute Gasteiger partial charge is 0.295 e. The van der Waals surface area contributed by atoms with E-state index in [2.05, 4.69) is 9.88 Å². The van der Waals surface area contributed by atoms with Crippen molar-refractivity contribution < 1.29 is 21.9 Å². The van der Waals surface area contributed by atoms with Crippen LogP contribution in [0.3, 0.4) is 0 Å². The van der Waals surface area contributed by atoms with E-state index in [-0.39, 0.29) is 22.8 Å². The molecule has 0 radical (unpaired) electrons. The molecule has 1 fully saturated rings. The van der Waals surface area contributed by atoms with E-state index in [1.807, 2.05) is 6.92 Å². The predicted octanol–water partition coefficient (Wildman–Crippen LogP) is 2.77. The zero-order valence-corrected chi connectivity index (χ0v) is 20.2. The normalized spacial score (nSPS) is 17.9. The van der Waals surface area contributed by atoms with Crippen molar-refractivity contribution in [2.24, 2.45) is 5.92 Å². The lowest BCUT2D eigenvalue weighted by molar-refractivity contribution is 0.151. The van der Waals surface area contributed by atoms with E-state index in [0.717, 1.165) is 11.1 Å². The molecule has 8 nitrogen and oxygen atoms in total. The highest BCUT2D eigenvalue weighted by Crippen LogP contribution is 2.28. The van der Waals surface area contributed by atoms with E-state index >= 15 is 0 Å². The van der Waals surface area contributed by atoms with Crippen molar-refractivity contribution in [3.05, 3.63) is 57.3 Å². The number of ether oxygens (including phenoxy) is 1. The van der Waals surface area contributed by atoms with Crippen molar-refractivity contribution in [3.8, 4) is 5.75 Å². The van der Waals surface area contributed by atoms with Gasteiger partial charge >= 0.3 is 0 Å². The summed E-state index contributed by atoms with van der Waals surface area (Å²) in [6.07, 6.45) is 1.54. The van der Waals surface area contributed by atoms with Crippen LogP contribution in [0.1, 0.15) is 48.7 Å². The molecule has 0 unspecified atom stereocenters. The van der Waals surface area contributed by atoms with Crippen LogP contribution >= 0.6 is 0 Å².